The monoisotopic (exact) mass is 206 g/mol. The smallest absolute Gasteiger partial charge is 0.0413 e. The van der Waals surface area contributed by atoms with Crippen molar-refractivity contribution in [2.45, 2.75) is 19.6 Å². The van der Waals surface area contributed by atoms with Crippen molar-refractivity contribution in [3.63, 3.8) is 0 Å². The van der Waals surface area contributed by atoms with Crippen molar-refractivity contribution < 1.29 is 9.60 Å². The minimum absolute atomic E-state index is 0.248. The van der Waals surface area contributed by atoms with Gasteiger partial charge in [-0.25, -0.2) is 0 Å². The van der Waals surface area contributed by atoms with Crippen LogP contribution in [0.4, 0.5) is 0 Å². The van der Waals surface area contributed by atoms with E-state index in [1.165, 1.54) is 18.3 Å². The molecule has 0 aromatic carbocycles. The average Bonchev–Trinajstić information content (AvgIpc) is 2.16. The molecule has 0 aliphatic heterocycles. The second-order valence-electron chi connectivity index (χ2n) is 1.61. The second kappa shape index (κ2) is 3.71. The Labute approximate surface area is 79.4 Å². The van der Waals surface area contributed by atoms with E-state index in [0.29, 0.717) is 4.47 Å². The van der Waals surface area contributed by atoms with Crippen LogP contribution in [0.3, 0.4) is 0 Å². The standard InChI is InChI=1S/C8H10BrN/c1-2-3-8-5-4-7(9)6-10-8/h4-6H,2-3H2,1H3/i1D3,2D2,3D2. The highest BCUT2D eigenvalue weighted by Gasteiger charge is 1.90. The number of hydrogen-bond acceptors (Lipinski definition) is 1. The van der Waals surface area contributed by atoms with Gasteiger partial charge in [-0.1, -0.05) is 13.2 Å². The fourth-order valence-electron chi connectivity index (χ4n) is 0.514. The predicted octanol–water partition coefficient (Wildman–Crippen LogP) is 2.80. The average molecular weight is 207 g/mol. The van der Waals surface area contributed by atoms with Gasteiger partial charge >= 0.3 is 0 Å². The number of rotatable bonds is 2. The third kappa shape index (κ3) is 2.10. The van der Waals surface area contributed by atoms with Gasteiger partial charge in [-0.2, -0.15) is 0 Å². The number of nitrogens with zero attached hydrogens (tertiary/aromatic N) is 1. The van der Waals surface area contributed by atoms with Gasteiger partial charge in [-0.05, 0) is 34.4 Å². The molecule has 0 aliphatic rings. The Kier molecular flexibility index (Phi) is 0.963. The molecule has 1 nitrogen and oxygen atoms in total. The Hall–Kier alpha value is -0.370. The van der Waals surface area contributed by atoms with E-state index < -0.39 is 19.6 Å². The molecule has 1 heterocycles. The summed E-state index contributed by atoms with van der Waals surface area (Å²) in [5, 5.41) is 0. The van der Waals surface area contributed by atoms with Crippen LogP contribution in [-0.4, -0.2) is 4.98 Å². The highest BCUT2D eigenvalue weighted by atomic mass is 79.9. The summed E-state index contributed by atoms with van der Waals surface area (Å²) in [4.78, 5) is 3.72. The lowest BCUT2D eigenvalue weighted by Crippen LogP contribution is -1.86. The maximum absolute atomic E-state index is 7.65. The predicted molar refractivity (Wildman–Crippen MR) is 45.9 cm³/mol. The summed E-state index contributed by atoms with van der Waals surface area (Å²) in [5.41, 5.74) is -0.248. The van der Waals surface area contributed by atoms with E-state index in [0.717, 1.165) is 0 Å². The molecular formula is C8H10BrN. The van der Waals surface area contributed by atoms with Crippen LogP contribution in [0.2, 0.25) is 0 Å². The van der Waals surface area contributed by atoms with Crippen molar-refractivity contribution in [1.82, 2.24) is 4.98 Å². The molecule has 0 unspecified atom stereocenters. The van der Waals surface area contributed by atoms with Gasteiger partial charge in [0.15, 0.2) is 0 Å². The van der Waals surface area contributed by atoms with E-state index in [4.69, 9.17) is 9.60 Å². The zero-order chi connectivity index (χ0) is 13.5. The highest BCUT2D eigenvalue weighted by molar-refractivity contribution is 9.10. The van der Waals surface area contributed by atoms with E-state index in [2.05, 4.69) is 20.9 Å². The Morgan fingerprint density at radius 1 is 1.80 bits per heavy atom. The molecule has 0 radical (unpaired) electrons. The van der Waals surface area contributed by atoms with Gasteiger partial charge < -0.3 is 0 Å². The molecule has 1 aromatic rings. The van der Waals surface area contributed by atoms with Crippen LogP contribution < -0.4 is 0 Å². The summed E-state index contributed by atoms with van der Waals surface area (Å²) < 4.78 is 52.0. The SMILES string of the molecule is [2H]C([2H])([2H])C([2H])([2H])C([2H])([2H])c1ccc(Br)cn1. The zero-order valence-electron chi connectivity index (χ0n) is 12.1. The first-order valence-electron chi connectivity index (χ1n) is 6.12. The first-order valence-corrected chi connectivity index (χ1v) is 3.41. The fourth-order valence-corrected chi connectivity index (χ4v) is 0.748. The molecule has 1 rings (SSSR count). The Morgan fingerprint density at radius 3 is 3.30 bits per heavy atom. The van der Waals surface area contributed by atoms with E-state index >= 15 is 0 Å². The highest BCUT2D eigenvalue weighted by Crippen LogP contribution is 2.08. The maximum Gasteiger partial charge on any atom is 0.0413 e. The van der Waals surface area contributed by atoms with E-state index in [1.54, 1.807) is 0 Å². The van der Waals surface area contributed by atoms with Crippen molar-refractivity contribution in [2.24, 2.45) is 0 Å². The zero-order valence-corrected chi connectivity index (χ0v) is 6.64. The molecule has 0 saturated heterocycles. The molecule has 0 saturated carbocycles. The third-order valence-corrected chi connectivity index (χ3v) is 1.39. The molecule has 0 spiro atoms. The number of hydrogen-bond donors (Lipinski definition) is 0. The largest absolute Gasteiger partial charge is 0.260 e. The molecule has 0 N–H and O–H groups in total. The summed E-state index contributed by atoms with van der Waals surface area (Å²) in [7, 11) is 0. The van der Waals surface area contributed by atoms with Crippen LogP contribution >= 0.6 is 15.9 Å². The van der Waals surface area contributed by atoms with Crippen LogP contribution in [0.25, 0.3) is 0 Å². The topological polar surface area (TPSA) is 12.9 Å². The molecule has 0 aliphatic carbocycles. The molecule has 54 valence electrons. The lowest BCUT2D eigenvalue weighted by Gasteiger charge is -1.95. The quantitative estimate of drug-likeness (QED) is 0.726. The molecule has 0 amide bonds. The van der Waals surface area contributed by atoms with Crippen LogP contribution in [0.1, 0.15) is 28.5 Å². The van der Waals surface area contributed by atoms with Crippen molar-refractivity contribution in [3.8, 4) is 0 Å². The van der Waals surface area contributed by atoms with Gasteiger partial charge in [-0.3, -0.25) is 4.98 Å². The number of pyridine rings is 1. The first-order chi connectivity index (χ1) is 7.50. The van der Waals surface area contributed by atoms with Crippen molar-refractivity contribution in [1.29, 1.82) is 0 Å². The van der Waals surface area contributed by atoms with E-state index in [9.17, 15) is 0 Å². The van der Waals surface area contributed by atoms with E-state index in [1.807, 2.05) is 0 Å². The molecule has 2 heteroatoms. The van der Waals surface area contributed by atoms with Gasteiger partial charge in [0, 0.05) is 26.0 Å². The molecule has 0 atom stereocenters. The third-order valence-electron chi connectivity index (χ3n) is 0.918. The van der Waals surface area contributed by atoms with Gasteiger partial charge in [0.25, 0.3) is 0 Å². The van der Waals surface area contributed by atoms with Crippen LogP contribution in [-0.2, 0) is 6.37 Å². The van der Waals surface area contributed by atoms with Gasteiger partial charge in [0.05, 0.1) is 0 Å². The molecule has 0 fully saturated rings. The Balaban J connectivity index is 3.23. The Morgan fingerprint density at radius 2 is 2.70 bits per heavy atom. The molecule has 10 heavy (non-hydrogen) atoms. The van der Waals surface area contributed by atoms with Crippen LogP contribution in [0.15, 0.2) is 22.8 Å². The summed E-state index contributed by atoms with van der Waals surface area (Å²) in [5.74, 6) is 0. The lowest BCUT2D eigenvalue weighted by atomic mass is 10.2. The Bertz CT molecular complexity index is 397. The fraction of sp³-hybridized carbons (Fsp3) is 0.375. The van der Waals surface area contributed by atoms with Crippen molar-refractivity contribution in [3.05, 3.63) is 28.5 Å². The van der Waals surface area contributed by atoms with Crippen molar-refractivity contribution in [2.75, 3.05) is 0 Å². The van der Waals surface area contributed by atoms with Crippen LogP contribution in [0, 0.1) is 0 Å². The summed E-state index contributed by atoms with van der Waals surface area (Å²) in [6.45, 7) is -3.06. The van der Waals surface area contributed by atoms with Gasteiger partial charge in [-0.15, -0.1) is 0 Å². The second-order valence-corrected chi connectivity index (χ2v) is 2.53. The summed E-state index contributed by atoms with van der Waals surface area (Å²) in [6, 6.07) is 2.74. The minimum Gasteiger partial charge on any atom is -0.260 e. The number of aromatic nitrogens is 1. The van der Waals surface area contributed by atoms with Crippen LogP contribution in [0.5, 0.6) is 0 Å². The minimum atomic E-state index is -3.06. The lowest BCUT2D eigenvalue weighted by molar-refractivity contribution is 0.881. The normalized spacial score (nSPS) is 24.3. The molecule has 0 bridgehead atoms. The maximum atomic E-state index is 7.65. The van der Waals surface area contributed by atoms with Gasteiger partial charge in [0.1, 0.15) is 0 Å². The van der Waals surface area contributed by atoms with Crippen molar-refractivity contribution >= 4 is 15.9 Å². The summed E-state index contributed by atoms with van der Waals surface area (Å²) in [6.07, 6.45) is -4.41. The van der Waals surface area contributed by atoms with E-state index in [-0.39, 0.29) is 5.69 Å². The molecule has 1 aromatic heterocycles. The molecular weight excluding hydrogens is 190 g/mol. The number of halogens is 1. The first kappa shape index (κ1) is 2.59. The van der Waals surface area contributed by atoms with Gasteiger partial charge in [0.2, 0.25) is 0 Å². The summed E-state index contributed by atoms with van der Waals surface area (Å²) >= 11 is 3.11. The number of aryl methyl sites for hydroxylation is 1.